The highest BCUT2D eigenvalue weighted by Gasteiger charge is 2.29. The Kier molecular flexibility index (Phi) is 14.0. The van der Waals surface area contributed by atoms with E-state index in [1.807, 2.05) is 6.07 Å². The Bertz CT molecular complexity index is 994. The molecule has 14 nitrogen and oxygen atoms in total. The number of esters is 2. The fraction of sp³-hybridized carbons (Fsp3) is 0.520. The van der Waals surface area contributed by atoms with E-state index in [-0.39, 0.29) is 19.4 Å². The van der Waals surface area contributed by atoms with Gasteiger partial charge >= 0.3 is 18.0 Å². The minimum atomic E-state index is -1.39. The van der Waals surface area contributed by atoms with E-state index in [1.54, 1.807) is 45.0 Å². The van der Waals surface area contributed by atoms with Crippen LogP contribution in [0, 0.1) is 0 Å². The standard InChI is InChI=1S/C25H36N4O10/c1-25(2,3)39-23(35)17(29-24(36)38-15-16-8-6-5-7-9-16)10-11-19(31)28-18(14-30)22(34)27-12-20(32)26-13-21(33)37-4/h5-9,17-18,30H,10-15H2,1-4H3,(H,26,32)(H,27,34)(H,28,31)(H,29,36)/t17-,18-/m0/s1. The predicted octanol–water partition coefficient (Wildman–Crippen LogP) is -0.714. The number of methoxy groups -OCH3 is 1. The van der Waals surface area contributed by atoms with Crippen LogP contribution in [0.4, 0.5) is 4.79 Å². The summed E-state index contributed by atoms with van der Waals surface area (Å²) in [6.45, 7) is 3.20. The first-order valence-corrected chi connectivity index (χ1v) is 12.1. The maximum atomic E-state index is 12.6. The summed E-state index contributed by atoms with van der Waals surface area (Å²) in [5.41, 5.74) is -0.133. The normalized spacial score (nSPS) is 12.2. The lowest BCUT2D eigenvalue weighted by Gasteiger charge is -2.24. The van der Waals surface area contributed by atoms with Gasteiger partial charge in [0.1, 0.15) is 30.8 Å². The van der Waals surface area contributed by atoms with Crippen LogP contribution in [0.1, 0.15) is 39.2 Å². The number of hydrogen-bond acceptors (Lipinski definition) is 10. The lowest BCUT2D eigenvalue weighted by molar-refractivity contribution is -0.157. The van der Waals surface area contributed by atoms with Crippen molar-refractivity contribution in [3.05, 3.63) is 35.9 Å². The molecule has 1 aromatic carbocycles. The van der Waals surface area contributed by atoms with Gasteiger partial charge in [0.25, 0.3) is 0 Å². The second-order valence-corrected chi connectivity index (χ2v) is 9.20. The van der Waals surface area contributed by atoms with Gasteiger partial charge in [-0.1, -0.05) is 30.3 Å². The van der Waals surface area contributed by atoms with Crippen molar-refractivity contribution in [2.45, 2.75) is 57.9 Å². The molecule has 0 aromatic heterocycles. The van der Waals surface area contributed by atoms with Gasteiger partial charge in [0, 0.05) is 6.42 Å². The van der Waals surface area contributed by atoms with Crippen LogP contribution < -0.4 is 21.3 Å². The van der Waals surface area contributed by atoms with E-state index in [0.717, 1.165) is 12.7 Å². The zero-order valence-electron chi connectivity index (χ0n) is 22.4. The van der Waals surface area contributed by atoms with Crippen LogP contribution in [0.25, 0.3) is 0 Å². The second-order valence-electron chi connectivity index (χ2n) is 9.20. The number of ether oxygens (including phenoxy) is 3. The number of aliphatic hydroxyl groups is 1. The van der Waals surface area contributed by atoms with Gasteiger partial charge in [-0.05, 0) is 32.8 Å². The summed E-state index contributed by atoms with van der Waals surface area (Å²) in [7, 11) is 1.15. The number of carbonyl (C=O) groups excluding carboxylic acids is 6. The van der Waals surface area contributed by atoms with Crippen LogP contribution in [0.2, 0.25) is 0 Å². The summed E-state index contributed by atoms with van der Waals surface area (Å²) < 4.78 is 14.8. The molecule has 0 fully saturated rings. The molecule has 0 saturated heterocycles. The largest absolute Gasteiger partial charge is 0.468 e. The molecule has 14 heteroatoms. The van der Waals surface area contributed by atoms with Gasteiger partial charge in [-0.3, -0.25) is 19.2 Å². The van der Waals surface area contributed by atoms with Crippen LogP contribution in [-0.2, 0) is 44.8 Å². The predicted molar refractivity (Wildman–Crippen MR) is 136 cm³/mol. The summed E-state index contributed by atoms with van der Waals surface area (Å²) in [6, 6.07) is 6.24. The first kappa shape index (κ1) is 32.8. The average Bonchev–Trinajstić information content (AvgIpc) is 2.89. The molecule has 0 spiro atoms. The van der Waals surface area contributed by atoms with Crippen LogP contribution in [0.5, 0.6) is 0 Å². The number of carbonyl (C=O) groups is 6. The quantitative estimate of drug-likeness (QED) is 0.145. The lowest BCUT2D eigenvalue weighted by atomic mass is 10.1. The molecule has 0 radical (unpaired) electrons. The van der Waals surface area contributed by atoms with E-state index in [9.17, 15) is 33.9 Å². The van der Waals surface area contributed by atoms with Gasteiger partial charge in [-0.2, -0.15) is 0 Å². The fourth-order valence-corrected chi connectivity index (χ4v) is 2.86. The van der Waals surface area contributed by atoms with Crippen molar-refractivity contribution < 1.29 is 48.1 Å². The number of aliphatic hydroxyl groups excluding tert-OH is 1. The Morgan fingerprint density at radius 3 is 2.15 bits per heavy atom. The molecule has 4 amide bonds. The Labute approximate surface area is 226 Å². The molecule has 1 rings (SSSR count). The van der Waals surface area contributed by atoms with Crippen molar-refractivity contribution in [2.75, 3.05) is 26.8 Å². The molecule has 0 unspecified atom stereocenters. The third-order valence-corrected chi connectivity index (χ3v) is 4.77. The highest BCUT2D eigenvalue weighted by Crippen LogP contribution is 2.11. The van der Waals surface area contributed by atoms with Crippen molar-refractivity contribution in [1.82, 2.24) is 21.3 Å². The molecule has 0 aliphatic rings. The summed E-state index contributed by atoms with van der Waals surface area (Å²) in [5, 5.41) is 18.6. The van der Waals surface area contributed by atoms with Gasteiger partial charge in [-0.25, -0.2) is 9.59 Å². The van der Waals surface area contributed by atoms with Crippen LogP contribution in [-0.4, -0.2) is 85.4 Å². The average molecular weight is 553 g/mol. The topological polar surface area (TPSA) is 198 Å². The van der Waals surface area contributed by atoms with Gasteiger partial charge in [-0.15, -0.1) is 0 Å². The molecule has 0 heterocycles. The Balaban J connectivity index is 2.65. The van der Waals surface area contributed by atoms with E-state index in [1.165, 1.54) is 0 Å². The molecular weight excluding hydrogens is 516 g/mol. The van der Waals surface area contributed by atoms with Crippen LogP contribution in [0.15, 0.2) is 30.3 Å². The second kappa shape index (κ2) is 16.6. The van der Waals surface area contributed by atoms with Crippen molar-refractivity contribution >= 4 is 35.8 Å². The van der Waals surface area contributed by atoms with Crippen molar-refractivity contribution in [2.24, 2.45) is 0 Å². The minimum absolute atomic E-state index is 0.0395. The smallest absolute Gasteiger partial charge is 0.408 e. The monoisotopic (exact) mass is 552 g/mol. The molecule has 0 saturated carbocycles. The molecule has 0 bridgehead atoms. The Hall–Kier alpha value is -4.20. The molecule has 0 aliphatic carbocycles. The Morgan fingerprint density at radius 2 is 1.56 bits per heavy atom. The van der Waals surface area contributed by atoms with Crippen molar-refractivity contribution in [3.63, 3.8) is 0 Å². The molecule has 1 aromatic rings. The minimum Gasteiger partial charge on any atom is -0.468 e. The van der Waals surface area contributed by atoms with Gasteiger partial charge < -0.3 is 40.6 Å². The van der Waals surface area contributed by atoms with E-state index in [4.69, 9.17) is 9.47 Å². The maximum absolute atomic E-state index is 12.6. The highest BCUT2D eigenvalue weighted by atomic mass is 16.6. The molecule has 0 aliphatic heterocycles. The molecule has 5 N–H and O–H groups in total. The van der Waals surface area contributed by atoms with Gasteiger partial charge in [0.2, 0.25) is 17.7 Å². The van der Waals surface area contributed by atoms with E-state index in [0.29, 0.717) is 0 Å². The van der Waals surface area contributed by atoms with E-state index >= 15 is 0 Å². The number of hydrogen-bond donors (Lipinski definition) is 5. The number of amides is 4. The fourth-order valence-electron chi connectivity index (χ4n) is 2.86. The number of alkyl carbamates (subject to hydrolysis) is 1. The molecule has 39 heavy (non-hydrogen) atoms. The number of benzene rings is 1. The molecule has 2 atom stereocenters. The summed E-state index contributed by atoms with van der Waals surface area (Å²) in [6.07, 6.45) is -1.42. The van der Waals surface area contributed by atoms with Crippen LogP contribution >= 0.6 is 0 Å². The van der Waals surface area contributed by atoms with Gasteiger partial charge in [0.05, 0.1) is 20.3 Å². The first-order chi connectivity index (χ1) is 18.3. The SMILES string of the molecule is COC(=O)CNC(=O)CNC(=O)[C@H](CO)NC(=O)CC[C@H](NC(=O)OCc1ccccc1)C(=O)OC(C)(C)C. The third kappa shape index (κ3) is 14.4. The zero-order chi connectivity index (χ0) is 29.4. The van der Waals surface area contributed by atoms with Crippen molar-refractivity contribution in [1.29, 1.82) is 0 Å². The zero-order valence-corrected chi connectivity index (χ0v) is 22.4. The molecular formula is C25H36N4O10. The highest BCUT2D eigenvalue weighted by molar-refractivity contribution is 5.91. The maximum Gasteiger partial charge on any atom is 0.408 e. The summed E-state index contributed by atoms with van der Waals surface area (Å²) in [5.74, 6) is -3.74. The van der Waals surface area contributed by atoms with Gasteiger partial charge in [0.15, 0.2) is 0 Å². The molecule has 216 valence electrons. The van der Waals surface area contributed by atoms with E-state index in [2.05, 4.69) is 26.0 Å². The first-order valence-electron chi connectivity index (χ1n) is 12.1. The summed E-state index contributed by atoms with van der Waals surface area (Å²) in [4.78, 5) is 72.3. The van der Waals surface area contributed by atoms with Crippen LogP contribution in [0.3, 0.4) is 0 Å². The third-order valence-electron chi connectivity index (χ3n) is 4.77. The van der Waals surface area contributed by atoms with E-state index < -0.39 is 73.1 Å². The summed E-state index contributed by atoms with van der Waals surface area (Å²) >= 11 is 0. The van der Waals surface area contributed by atoms with Crippen molar-refractivity contribution in [3.8, 4) is 0 Å². The lowest BCUT2D eigenvalue weighted by Crippen LogP contribution is -2.51. The number of nitrogens with one attached hydrogen (secondary N) is 4. The Morgan fingerprint density at radius 1 is 0.897 bits per heavy atom. The number of rotatable bonds is 14.